The Hall–Kier alpha value is -0.820. The molecule has 128 valence electrons. The van der Waals surface area contributed by atoms with Gasteiger partial charge >= 0.3 is 6.18 Å². The number of carbonyl (C=O) groups is 1. The number of alkyl halides is 3. The van der Waals surface area contributed by atoms with Gasteiger partial charge in [0.2, 0.25) is 5.91 Å². The number of hydrogen-bond donors (Lipinski definition) is 0. The molecule has 1 saturated carbocycles. The van der Waals surface area contributed by atoms with Gasteiger partial charge in [0.05, 0.1) is 25.2 Å². The summed E-state index contributed by atoms with van der Waals surface area (Å²) in [5.74, 6) is -0.0870. The summed E-state index contributed by atoms with van der Waals surface area (Å²) in [5.41, 5.74) is 0. The highest BCUT2D eigenvalue weighted by molar-refractivity contribution is 5.78. The molecule has 7 heteroatoms. The second-order valence-corrected chi connectivity index (χ2v) is 6.48. The van der Waals surface area contributed by atoms with E-state index in [1.165, 1.54) is 0 Å². The van der Waals surface area contributed by atoms with Gasteiger partial charge in [0, 0.05) is 25.7 Å². The van der Waals surface area contributed by atoms with Crippen LogP contribution in [-0.2, 0) is 9.53 Å². The fourth-order valence-corrected chi connectivity index (χ4v) is 3.07. The van der Waals surface area contributed by atoms with Gasteiger partial charge in [0.25, 0.3) is 0 Å². The van der Waals surface area contributed by atoms with Gasteiger partial charge in [-0.25, -0.2) is 0 Å². The zero-order chi connectivity index (χ0) is 16.3. The molecule has 0 aromatic rings. The van der Waals surface area contributed by atoms with Gasteiger partial charge in [-0.1, -0.05) is 6.42 Å². The molecule has 2 rings (SSSR count). The predicted molar refractivity (Wildman–Crippen MR) is 76.5 cm³/mol. The van der Waals surface area contributed by atoms with Gasteiger partial charge < -0.3 is 9.64 Å². The molecule has 1 aliphatic heterocycles. The molecule has 4 nitrogen and oxygen atoms in total. The Morgan fingerprint density at radius 2 is 1.82 bits per heavy atom. The number of nitrogens with zero attached hydrogens (tertiary/aromatic N) is 2. The molecule has 0 radical (unpaired) electrons. The minimum absolute atomic E-state index is 0.0278. The van der Waals surface area contributed by atoms with Crippen molar-refractivity contribution in [2.75, 3.05) is 26.2 Å². The molecule has 22 heavy (non-hydrogen) atoms. The minimum atomic E-state index is -4.17. The van der Waals surface area contributed by atoms with E-state index in [4.69, 9.17) is 4.74 Å². The maximum Gasteiger partial charge on any atom is 0.390 e. The summed E-state index contributed by atoms with van der Waals surface area (Å²) in [7, 11) is 0. The largest absolute Gasteiger partial charge is 0.390 e. The van der Waals surface area contributed by atoms with Gasteiger partial charge in [-0.2, -0.15) is 13.2 Å². The molecular formula is C15H25F3N2O2. The van der Waals surface area contributed by atoms with Crippen LogP contribution in [-0.4, -0.2) is 66.3 Å². The normalized spacial score (nSPS) is 27.1. The maximum atomic E-state index is 12.5. The van der Waals surface area contributed by atoms with Crippen molar-refractivity contribution in [1.82, 2.24) is 9.80 Å². The van der Waals surface area contributed by atoms with Crippen molar-refractivity contribution < 1.29 is 22.7 Å². The van der Waals surface area contributed by atoms with Crippen LogP contribution < -0.4 is 0 Å². The average molecular weight is 322 g/mol. The third-order valence-electron chi connectivity index (χ3n) is 4.38. The van der Waals surface area contributed by atoms with E-state index in [1.54, 1.807) is 9.80 Å². The second-order valence-electron chi connectivity index (χ2n) is 6.48. The van der Waals surface area contributed by atoms with Crippen LogP contribution >= 0.6 is 0 Å². The van der Waals surface area contributed by atoms with E-state index in [-0.39, 0.29) is 37.2 Å². The number of amides is 1. The molecule has 2 fully saturated rings. The summed E-state index contributed by atoms with van der Waals surface area (Å²) in [6.07, 6.45) is -2.27. The topological polar surface area (TPSA) is 32.8 Å². The van der Waals surface area contributed by atoms with Crippen molar-refractivity contribution in [3.8, 4) is 0 Å². The summed E-state index contributed by atoms with van der Waals surface area (Å²) in [6.45, 7) is 4.84. The van der Waals surface area contributed by atoms with Crippen LogP contribution in [0.3, 0.4) is 0 Å². The van der Waals surface area contributed by atoms with E-state index in [0.29, 0.717) is 13.1 Å². The van der Waals surface area contributed by atoms with Crippen LogP contribution in [0.25, 0.3) is 0 Å². The monoisotopic (exact) mass is 322 g/mol. The number of ether oxygens (including phenoxy) is 1. The van der Waals surface area contributed by atoms with Crippen molar-refractivity contribution in [3.63, 3.8) is 0 Å². The van der Waals surface area contributed by atoms with Crippen LogP contribution in [0, 0.1) is 0 Å². The summed E-state index contributed by atoms with van der Waals surface area (Å²) in [4.78, 5) is 15.8. The van der Waals surface area contributed by atoms with Gasteiger partial charge in [-0.3, -0.25) is 9.69 Å². The summed E-state index contributed by atoms with van der Waals surface area (Å²) in [6, 6.07) is 0.127. The van der Waals surface area contributed by atoms with Crippen molar-refractivity contribution in [1.29, 1.82) is 0 Å². The first-order valence-corrected chi connectivity index (χ1v) is 7.98. The Balaban J connectivity index is 1.89. The van der Waals surface area contributed by atoms with Crippen LogP contribution in [0.1, 0.15) is 39.5 Å². The van der Waals surface area contributed by atoms with Gasteiger partial charge in [0.15, 0.2) is 0 Å². The smallest absolute Gasteiger partial charge is 0.372 e. The second kappa shape index (κ2) is 7.17. The van der Waals surface area contributed by atoms with E-state index in [0.717, 1.165) is 19.3 Å². The third kappa shape index (κ3) is 5.12. The maximum absolute atomic E-state index is 12.5. The van der Waals surface area contributed by atoms with Crippen LogP contribution in [0.4, 0.5) is 13.2 Å². The first-order chi connectivity index (χ1) is 10.2. The molecule has 2 aliphatic rings. The van der Waals surface area contributed by atoms with Gasteiger partial charge in [-0.15, -0.1) is 0 Å². The molecule has 0 aromatic heterocycles. The van der Waals surface area contributed by atoms with Crippen molar-refractivity contribution in [2.24, 2.45) is 0 Å². The number of halogens is 3. The molecule has 0 bridgehead atoms. The lowest BCUT2D eigenvalue weighted by Crippen LogP contribution is -2.53. The molecule has 1 aliphatic carbocycles. The number of morpholine rings is 1. The zero-order valence-electron chi connectivity index (χ0n) is 13.2. The highest BCUT2D eigenvalue weighted by atomic mass is 19.4. The molecule has 1 heterocycles. The molecule has 2 atom stereocenters. The van der Waals surface area contributed by atoms with Crippen molar-refractivity contribution in [3.05, 3.63) is 0 Å². The Morgan fingerprint density at radius 3 is 2.27 bits per heavy atom. The van der Waals surface area contributed by atoms with Gasteiger partial charge in [-0.05, 0) is 26.7 Å². The summed E-state index contributed by atoms with van der Waals surface area (Å²) >= 11 is 0. The standard InChI is InChI=1S/C15H25F3N2O2/c1-11-8-20(9-12(2)22-11)14(21)10-19(13-4-3-5-13)7-6-15(16,17)18/h11-13H,3-10H2,1-2H3. The van der Waals surface area contributed by atoms with Crippen LogP contribution in [0.5, 0.6) is 0 Å². The number of hydrogen-bond acceptors (Lipinski definition) is 3. The molecular weight excluding hydrogens is 297 g/mol. The van der Waals surface area contributed by atoms with E-state index in [2.05, 4.69) is 0 Å². The highest BCUT2D eigenvalue weighted by Crippen LogP contribution is 2.27. The Bertz CT molecular complexity index is 375. The fraction of sp³-hybridized carbons (Fsp3) is 0.933. The average Bonchev–Trinajstić information content (AvgIpc) is 2.31. The molecule has 0 aromatic carbocycles. The number of carbonyl (C=O) groups excluding carboxylic acids is 1. The van der Waals surface area contributed by atoms with Crippen molar-refractivity contribution >= 4 is 5.91 Å². The first kappa shape index (κ1) is 17.5. The summed E-state index contributed by atoms with van der Waals surface area (Å²) in [5, 5.41) is 0. The Morgan fingerprint density at radius 1 is 1.23 bits per heavy atom. The minimum Gasteiger partial charge on any atom is -0.372 e. The van der Waals surface area contributed by atoms with Gasteiger partial charge in [0.1, 0.15) is 0 Å². The van der Waals surface area contributed by atoms with Crippen LogP contribution in [0.2, 0.25) is 0 Å². The summed E-state index contributed by atoms with van der Waals surface area (Å²) < 4.78 is 43.0. The molecule has 2 unspecified atom stereocenters. The van der Waals surface area contributed by atoms with E-state index < -0.39 is 12.6 Å². The highest BCUT2D eigenvalue weighted by Gasteiger charge is 2.34. The van der Waals surface area contributed by atoms with E-state index in [9.17, 15) is 18.0 Å². The SMILES string of the molecule is CC1CN(C(=O)CN(CCC(F)(F)F)C2CCC2)CC(C)O1. The van der Waals surface area contributed by atoms with Crippen molar-refractivity contribution in [2.45, 2.75) is 64.0 Å². The predicted octanol–water partition coefficient (Wildman–Crippen LogP) is 2.43. The fourth-order valence-electron chi connectivity index (χ4n) is 3.07. The molecule has 0 spiro atoms. The lowest BCUT2D eigenvalue weighted by molar-refractivity contribution is -0.150. The lowest BCUT2D eigenvalue weighted by atomic mass is 9.91. The first-order valence-electron chi connectivity index (χ1n) is 7.98. The molecule has 1 saturated heterocycles. The van der Waals surface area contributed by atoms with E-state index >= 15 is 0 Å². The van der Waals surface area contributed by atoms with E-state index in [1.807, 2.05) is 13.8 Å². The Kier molecular flexibility index (Phi) is 5.71. The third-order valence-corrected chi connectivity index (χ3v) is 4.38. The Labute approximate surface area is 129 Å². The molecule has 1 amide bonds. The lowest BCUT2D eigenvalue weighted by Gasteiger charge is -2.40. The zero-order valence-corrected chi connectivity index (χ0v) is 13.2. The van der Waals surface area contributed by atoms with Crippen LogP contribution in [0.15, 0.2) is 0 Å². The number of rotatable bonds is 5. The molecule has 0 N–H and O–H groups in total. The quantitative estimate of drug-likeness (QED) is 0.779.